The highest BCUT2D eigenvalue weighted by molar-refractivity contribution is 5.03. The second kappa shape index (κ2) is 4.23. The molecule has 0 amide bonds. The lowest BCUT2D eigenvalue weighted by atomic mass is 9.54. The SMILES string of the molecule is CN(CC(C)(C)C#N)C1C2CC3CC(C2)CC1C3. The van der Waals surface area contributed by atoms with Crippen LogP contribution in [-0.2, 0) is 0 Å². The molecular formula is C16H26N2. The van der Waals surface area contributed by atoms with E-state index in [0.717, 1.165) is 36.3 Å². The van der Waals surface area contributed by atoms with Gasteiger partial charge >= 0.3 is 0 Å². The van der Waals surface area contributed by atoms with Crippen LogP contribution in [0, 0.1) is 40.4 Å². The van der Waals surface area contributed by atoms with Crippen molar-refractivity contribution in [1.82, 2.24) is 4.90 Å². The van der Waals surface area contributed by atoms with Crippen molar-refractivity contribution in [3.8, 4) is 6.07 Å². The van der Waals surface area contributed by atoms with Crippen molar-refractivity contribution in [3.05, 3.63) is 0 Å². The zero-order valence-electron chi connectivity index (χ0n) is 12.0. The Kier molecular flexibility index (Phi) is 2.94. The first kappa shape index (κ1) is 12.5. The van der Waals surface area contributed by atoms with Gasteiger partial charge in [-0.1, -0.05) is 0 Å². The molecule has 100 valence electrons. The number of rotatable bonds is 3. The largest absolute Gasteiger partial charge is 0.301 e. The summed E-state index contributed by atoms with van der Waals surface area (Å²) in [7, 11) is 2.26. The van der Waals surface area contributed by atoms with Crippen molar-refractivity contribution in [2.24, 2.45) is 29.1 Å². The molecule has 0 aromatic heterocycles. The maximum atomic E-state index is 9.22. The molecule has 0 unspecified atom stereocenters. The summed E-state index contributed by atoms with van der Waals surface area (Å²) in [5.41, 5.74) is -0.205. The van der Waals surface area contributed by atoms with E-state index >= 15 is 0 Å². The number of hydrogen-bond donors (Lipinski definition) is 0. The van der Waals surface area contributed by atoms with Crippen LogP contribution in [0.5, 0.6) is 0 Å². The first-order valence-corrected chi connectivity index (χ1v) is 7.60. The average Bonchev–Trinajstić information content (AvgIpc) is 2.26. The van der Waals surface area contributed by atoms with E-state index in [0.29, 0.717) is 0 Å². The highest BCUT2D eigenvalue weighted by atomic mass is 15.1. The second-order valence-corrected chi connectivity index (χ2v) is 7.83. The minimum Gasteiger partial charge on any atom is -0.301 e. The summed E-state index contributed by atoms with van der Waals surface area (Å²) in [5, 5.41) is 9.22. The van der Waals surface area contributed by atoms with Crippen LogP contribution in [-0.4, -0.2) is 24.5 Å². The van der Waals surface area contributed by atoms with Gasteiger partial charge in [-0.2, -0.15) is 5.26 Å². The fourth-order valence-electron chi connectivity index (χ4n) is 5.38. The first-order valence-electron chi connectivity index (χ1n) is 7.60. The molecule has 4 fully saturated rings. The summed E-state index contributed by atoms with van der Waals surface area (Å²) in [6.07, 6.45) is 7.39. The van der Waals surface area contributed by atoms with Crippen molar-refractivity contribution in [3.63, 3.8) is 0 Å². The van der Waals surface area contributed by atoms with E-state index in [1.807, 2.05) is 0 Å². The summed E-state index contributed by atoms with van der Waals surface area (Å²) in [5.74, 6) is 3.95. The van der Waals surface area contributed by atoms with E-state index < -0.39 is 0 Å². The quantitative estimate of drug-likeness (QED) is 0.764. The monoisotopic (exact) mass is 246 g/mol. The van der Waals surface area contributed by atoms with Crippen LogP contribution < -0.4 is 0 Å². The van der Waals surface area contributed by atoms with Gasteiger partial charge in [0.15, 0.2) is 0 Å². The number of nitriles is 1. The topological polar surface area (TPSA) is 27.0 Å². The number of nitrogens with zero attached hydrogens (tertiary/aromatic N) is 2. The molecule has 4 aliphatic carbocycles. The molecule has 0 aromatic rings. The molecule has 0 aromatic carbocycles. The molecule has 4 aliphatic rings. The van der Waals surface area contributed by atoms with Crippen LogP contribution in [0.3, 0.4) is 0 Å². The van der Waals surface area contributed by atoms with Crippen LogP contribution in [0.2, 0.25) is 0 Å². The van der Waals surface area contributed by atoms with Gasteiger partial charge in [0.05, 0.1) is 11.5 Å². The Bertz CT molecular complexity index is 338. The van der Waals surface area contributed by atoms with Crippen molar-refractivity contribution >= 4 is 0 Å². The predicted octanol–water partition coefficient (Wildman–Crippen LogP) is 3.29. The highest BCUT2D eigenvalue weighted by Crippen LogP contribution is 2.55. The van der Waals surface area contributed by atoms with Crippen molar-refractivity contribution in [2.75, 3.05) is 13.6 Å². The van der Waals surface area contributed by atoms with Gasteiger partial charge in [-0.15, -0.1) is 0 Å². The van der Waals surface area contributed by atoms with Gasteiger partial charge in [0, 0.05) is 12.6 Å². The smallest absolute Gasteiger partial charge is 0.0697 e. The molecule has 2 heteroatoms. The van der Waals surface area contributed by atoms with Gasteiger partial charge in [-0.3, -0.25) is 0 Å². The van der Waals surface area contributed by atoms with Crippen LogP contribution in [0.1, 0.15) is 46.0 Å². The lowest BCUT2D eigenvalue weighted by Crippen LogP contribution is -2.56. The normalized spacial score (nSPS) is 42.3. The van der Waals surface area contributed by atoms with Crippen molar-refractivity contribution < 1.29 is 0 Å². The molecule has 0 radical (unpaired) electrons. The summed E-state index contributed by atoms with van der Waals surface area (Å²) in [4.78, 5) is 2.52. The zero-order valence-corrected chi connectivity index (χ0v) is 12.0. The molecule has 0 aliphatic heterocycles. The van der Waals surface area contributed by atoms with E-state index in [1.165, 1.54) is 32.1 Å². The lowest BCUT2D eigenvalue weighted by molar-refractivity contribution is -0.0624. The van der Waals surface area contributed by atoms with Crippen LogP contribution in [0.25, 0.3) is 0 Å². The summed E-state index contributed by atoms with van der Waals surface area (Å²) in [6.45, 7) is 5.07. The van der Waals surface area contributed by atoms with Crippen LogP contribution in [0.4, 0.5) is 0 Å². The Labute approximate surface area is 111 Å². The first-order chi connectivity index (χ1) is 8.48. The average molecular weight is 246 g/mol. The lowest BCUT2D eigenvalue weighted by Gasteiger charge is -2.57. The Morgan fingerprint density at radius 1 is 1.06 bits per heavy atom. The van der Waals surface area contributed by atoms with Gasteiger partial charge < -0.3 is 4.90 Å². The maximum Gasteiger partial charge on any atom is 0.0697 e. The molecular weight excluding hydrogens is 220 g/mol. The van der Waals surface area contributed by atoms with E-state index in [2.05, 4.69) is 31.9 Å². The summed E-state index contributed by atoms with van der Waals surface area (Å²) < 4.78 is 0. The van der Waals surface area contributed by atoms with Gasteiger partial charge in [0.25, 0.3) is 0 Å². The fraction of sp³-hybridized carbons (Fsp3) is 0.938. The molecule has 0 saturated heterocycles. The Morgan fingerprint density at radius 3 is 2.00 bits per heavy atom. The summed E-state index contributed by atoms with van der Waals surface area (Å²) in [6, 6.07) is 3.22. The molecule has 4 bridgehead atoms. The van der Waals surface area contributed by atoms with E-state index in [1.54, 1.807) is 0 Å². The zero-order chi connectivity index (χ0) is 12.9. The van der Waals surface area contributed by atoms with E-state index in [9.17, 15) is 5.26 Å². The highest BCUT2D eigenvalue weighted by Gasteiger charge is 2.49. The van der Waals surface area contributed by atoms with Crippen LogP contribution in [0.15, 0.2) is 0 Å². The standard InChI is InChI=1S/C16H26N2/c1-16(2,9-17)10-18(3)15-13-5-11-4-12(7-13)8-14(15)6-11/h11-15H,4-8,10H2,1-3H3. The third-order valence-electron chi connectivity index (χ3n) is 5.63. The number of hydrogen-bond acceptors (Lipinski definition) is 2. The van der Waals surface area contributed by atoms with E-state index in [-0.39, 0.29) is 5.41 Å². The van der Waals surface area contributed by atoms with Gasteiger partial charge in [0.1, 0.15) is 0 Å². The van der Waals surface area contributed by atoms with Crippen LogP contribution >= 0.6 is 0 Å². The third-order valence-corrected chi connectivity index (χ3v) is 5.63. The van der Waals surface area contributed by atoms with E-state index in [4.69, 9.17) is 0 Å². The minimum atomic E-state index is -0.205. The Balaban J connectivity index is 1.71. The Hall–Kier alpha value is -0.550. The molecule has 0 heterocycles. The summed E-state index contributed by atoms with van der Waals surface area (Å²) >= 11 is 0. The molecule has 0 spiro atoms. The molecule has 0 atom stereocenters. The predicted molar refractivity (Wildman–Crippen MR) is 72.9 cm³/mol. The molecule has 2 nitrogen and oxygen atoms in total. The van der Waals surface area contributed by atoms with Crippen molar-refractivity contribution in [1.29, 1.82) is 5.26 Å². The molecule has 4 saturated carbocycles. The minimum absolute atomic E-state index is 0.205. The second-order valence-electron chi connectivity index (χ2n) is 7.83. The van der Waals surface area contributed by atoms with Crippen molar-refractivity contribution in [2.45, 2.75) is 52.0 Å². The van der Waals surface area contributed by atoms with Gasteiger partial charge in [-0.25, -0.2) is 0 Å². The van der Waals surface area contributed by atoms with Gasteiger partial charge in [-0.05, 0) is 76.7 Å². The molecule has 4 rings (SSSR count). The van der Waals surface area contributed by atoms with Gasteiger partial charge in [0.2, 0.25) is 0 Å². The maximum absolute atomic E-state index is 9.22. The third kappa shape index (κ3) is 2.07. The molecule has 18 heavy (non-hydrogen) atoms. The molecule has 0 N–H and O–H groups in total. The Morgan fingerprint density at radius 2 is 1.56 bits per heavy atom. The fourth-order valence-corrected chi connectivity index (χ4v) is 5.38.